The maximum atomic E-state index is 12.7. The number of phenols is 4. The van der Waals surface area contributed by atoms with E-state index in [0.29, 0.717) is 11.1 Å². The molecule has 0 unspecified atom stereocenters. The second-order valence-corrected chi connectivity index (χ2v) is 10.4. The molecule has 15 heteroatoms. The standard InChI is InChI=1S/C29H36O15/c1-13-22(36)23(37)24(38)28(41-13)44-27-25(39)26(43-21(35)7-4-14-2-5-16(31)18(33)10-14)20(12-30)42-29(27)40-9-8-15-3-6-17(32)19(34)11-15/h2-7,10-11,13,20,22-34,36-39H,8-9,12H2,1H3/b7-4+/t13-,20+,22-,23+,24+,25+,26+,27+,28-,29+/m0/s1. The minimum atomic E-state index is -1.75. The highest BCUT2D eigenvalue weighted by atomic mass is 16.8. The van der Waals surface area contributed by atoms with Crippen LogP contribution in [-0.2, 0) is 34.9 Å². The number of hydrogen-bond acceptors (Lipinski definition) is 15. The van der Waals surface area contributed by atoms with Gasteiger partial charge in [-0.25, -0.2) is 4.79 Å². The van der Waals surface area contributed by atoms with Crippen molar-refractivity contribution >= 4 is 12.0 Å². The maximum Gasteiger partial charge on any atom is 0.331 e. The van der Waals surface area contributed by atoms with Crippen molar-refractivity contribution in [1.82, 2.24) is 0 Å². The Morgan fingerprint density at radius 1 is 0.818 bits per heavy atom. The molecule has 2 aromatic carbocycles. The van der Waals surface area contributed by atoms with Crippen LogP contribution >= 0.6 is 0 Å². The monoisotopic (exact) mass is 624 g/mol. The fraction of sp³-hybridized carbons (Fsp3) is 0.483. The first kappa shape index (κ1) is 33.4. The molecule has 15 nitrogen and oxygen atoms in total. The van der Waals surface area contributed by atoms with Crippen LogP contribution in [-0.4, -0.2) is 127 Å². The van der Waals surface area contributed by atoms with E-state index in [1.54, 1.807) is 6.07 Å². The molecule has 9 N–H and O–H groups in total. The first-order chi connectivity index (χ1) is 20.9. The number of aliphatic hydroxyl groups excluding tert-OH is 5. The van der Waals surface area contributed by atoms with E-state index < -0.39 is 79.7 Å². The Balaban J connectivity index is 1.51. The van der Waals surface area contributed by atoms with E-state index in [0.717, 1.165) is 6.08 Å². The minimum absolute atomic E-state index is 0.0852. The van der Waals surface area contributed by atoms with Gasteiger partial charge in [0.15, 0.2) is 41.7 Å². The number of aliphatic hydroxyl groups is 5. The predicted molar refractivity (Wildman–Crippen MR) is 147 cm³/mol. The van der Waals surface area contributed by atoms with Gasteiger partial charge in [-0.15, -0.1) is 0 Å². The number of carbonyl (C=O) groups excluding carboxylic acids is 1. The zero-order valence-electron chi connectivity index (χ0n) is 23.5. The number of benzene rings is 2. The van der Waals surface area contributed by atoms with E-state index in [1.807, 2.05) is 0 Å². The van der Waals surface area contributed by atoms with Crippen molar-refractivity contribution < 1.29 is 74.4 Å². The van der Waals surface area contributed by atoms with Crippen molar-refractivity contribution in [3.05, 3.63) is 53.6 Å². The molecule has 0 aromatic heterocycles. The molecule has 2 aromatic rings. The Kier molecular flexibility index (Phi) is 11.0. The number of hydrogen-bond donors (Lipinski definition) is 9. The van der Waals surface area contributed by atoms with Crippen molar-refractivity contribution in [2.24, 2.45) is 0 Å². The van der Waals surface area contributed by atoms with Gasteiger partial charge in [-0.2, -0.15) is 0 Å². The summed E-state index contributed by atoms with van der Waals surface area (Å²) in [4.78, 5) is 12.7. The number of aromatic hydroxyl groups is 4. The van der Waals surface area contributed by atoms with Gasteiger partial charge in [0, 0.05) is 6.08 Å². The van der Waals surface area contributed by atoms with Crippen molar-refractivity contribution in [3.63, 3.8) is 0 Å². The van der Waals surface area contributed by atoms with Crippen LogP contribution in [0.25, 0.3) is 6.08 Å². The molecule has 2 saturated heterocycles. The third-order valence-electron chi connectivity index (χ3n) is 7.27. The molecule has 2 aliphatic heterocycles. The summed E-state index contributed by atoms with van der Waals surface area (Å²) >= 11 is 0. The molecule has 0 bridgehead atoms. The lowest BCUT2D eigenvalue weighted by molar-refractivity contribution is -0.364. The summed E-state index contributed by atoms with van der Waals surface area (Å²) in [7, 11) is 0. The second kappa shape index (κ2) is 14.5. The normalized spacial score (nSPS) is 32.5. The fourth-order valence-electron chi connectivity index (χ4n) is 4.75. The Hall–Kier alpha value is -3.51. The van der Waals surface area contributed by atoms with Gasteiger partial charge >= 0.3 is 5.97 Å². The largest absolute Gasteiger partial charge is 0.504 e. The van der Waals surface area contributed by atoms with Gasteiger partial charge < -0.3 is 69.6 Å². The third-order valence-corrected chi connectivity index (χ3v) is 7.27. The molecule has 2 heterocycles. The molecule has 0 radical (unpaired) electrons. The topological polar surface area (TPSA) is 245 Å². The van der Waals surface area contributed by atoms with Crippen LogP contribution in [0, 0.1) is 0 Å². The average molecular weight is 625 g/mol. The van der Waals surface area contributed by atoms with Crippen LogP contribution in [0.15, 0.2) is 42.5 Å². The summed E-state index contributed by atoms with van der Waals surface area (Å²) in [5.41, 5.74) is 0.914. The van der Waals surface area contributed by atoms with E-state index in [1.165, 1.54) is 43.3 Å². The van der Waals surface area contributed by atoms with E-state index in [-0.39, 0.29) is 30.3 Å². The molecule has 0 amide bonds. The lowest BCUT2D eigenvalue weighted by Gasteiger charge is -2.46. The summed E-state index contributed by atoms with van der Waals surface area (Å²) in [6.45, 7) is 0.614. The second-order valence-electron chi connectivity index (χ2n) is 10.4. The third kappa shape index (κ3) is 7.76. The SMILES string of the molecule is C[C@@H]1O[C@@H](O[C@H]2[C@H](OCCc3ccc(O)c(O)c3)O[C@H](CO)[C@@H](OC(=O)/C=C/c3ccc(O)c(O)c3)[C@H]2O)[C@H](O)[C@H](O)[C@H]1O. The first-order valence-corrected chi connectivity index (χ1v) is 13.7. The van der Waals surface area contributed by atoms with Gasteiger partial charge in [-0.1, -0.05) is 12.1 Å². The average Bonchev–Trinajstić information content (AvgIpc) is 2.99. The van der Waals surface area contributed by atoms with Gasteiger partial charge in [-0.05, 0) is 54.8 Å². The smallest absolute Gasteiger partial charge is 0.331 e. The fourth-order valence-corrected chi connectivity index (χ4v) is 4.75. The van der Waals surface area contributed by atoms with Crippen LogP contribution in [0.3, 0.4) is 0 Å². The lowest BCUT2D eigenvalue weighted by atomic mass is 9.97. The van der Waals surface area contributed by atoms with E-state index in [4.69, 9.17) is 23.7 Å². The number of phenolic OH excluding ortho intramolecular Hbond substituents is 4. The van der Waals surface area contributed by atoms with Crippen molar-refractivity contribution in [3.8, 4) is 23.0 Å². The van der Waals surface area contributed by atoms with Crippen molar-refractivity contribution in [1.29, 1.82) is 0 Å². The predicted octanol–water partition coefficient (Wildman–Crippen LogP) is -1.02. The molecule has 242 valence electrons. The molecular weight excluding hydrogens is 588 g/mol. The summed E-state index contributed by atoms with van der Waals surface area (Å²) in [6, 6.07) is 7.99. The summed E-state index contributed by atoms with van der Waals surface area (Å²) in [6.07, 6.45) is -12.5. The highest BCUT2D eigenvalue weighted by Crippen LogP contribution is 2.32. The Morgan fingerprint density at radius 2 is 1.50 bits per heavy atom. The summed E-state index contributed by atoms with van der Waals surface area (Å²) in [5, 5.41) is 90.5. The van der Waals surface area contributed by atoms with Crippen LogP contribution in [0.2, 0.25) is 0 Å². The highest BCUT2D eigenvalue weighted by Gasteiger charge is 2.52. The minimum Gasteiger partial charge on any atom is -0.504 e. The first-order valence-electron chi connectivity index (χ1n) is 13.7. The van der Waals surface area contributed by atoms with E-state index in [9.17, 15) is 50.8 Å². The maximum absolute atomic E-state index is 12.7. The Bertz CT molecular complexity index is 1300. The zero-order valence-corrected chi connectivity index (χ0v) is 23.5. The molecular formula is C29H36O15. The van der Waals surface area contributed by atoms with Crippen molar-refractivity contribution in [2.45, 2.75) is 74.8 Å². The summed E-state index contributed by atoms with van der Waals surface area (Å²) in [5.74, 6) is -2.39. The van der Waals surface area contributed by atoms with E-state index >= 15 is 0 Å². The van der Waals surface area contributed by atoms with Gasteiger partial charge in [0.1, 0.15) is 36.6 Å². The van der Waals surface area contributed by atoms with Gasteiger partial charge in [0.25, 0.3) is 0 Å². The van der Waals surface area contributed by atoms with Crippen LogP contribution < -0.4 is 0 Å². The molecule has 0 saturated carbocycles. The highest BCUT2D eigenvalue weighted by molar-refractivity contribution is 5.87. The zero-order chi connectivity index (χ0) is 32.1. The Morgan fingerprint density at radius 3 is 2.16 bits per heavy atom. The number of carbonyl (C=O) groups is 1. The van der Waals surface area contributed by atoms with Gasteiger partial charge in [0.05, 0.1) is 19.3 Å². The van der Waals surface area contributed by atoms with Crippen LogP contribution in [0.4, 0.5) is 0 Å². The van der Waals surface area contributed by atoms with Crippen LogP contribution in [0.5, 0.6) is 23.0 Å². The number of rotatable bonds is 10. The van der Waals surface area contributed by atoms with E-state index in [2.05, 4.69) is 0 Å². The van der Waals surface area contributed by atoms with Crippen molar-refractivity contribution in [2.75, 3.05) is 13.2 Å². The number of esters is 1. The quantitative estimate of drug-likeness (QED) is 0.0873. The molecule has 44 heavy (non-hydrogen) atoms. The molecule has 2 aliphatic rings. The van der Waals surface area contributed by atoms with Gasteiger partial charge in [0.2, 0.25) is 0 Å². The van der Waals surface area contributed by atoms with Crippen LogP contribution in [0.1, 0.15) is 18.1 Å². The molecule has 4 rings (SSSR count). The molecule has 0 aliphatic carbocycles. The molecule has 0 spiro atoms. The van der Waals surface area contributed by atoms with Gasteiger partial charge in [-0.3, -0.25) is 0 Å². The Labute approximate surface area is 251 Å². The molecule has 10 atom stereocenters. The lowest BCUT2D eigenvalue weighted by Crippen LogP contribution is -2.64. The number of ether oxygens (including phenoxy) is 5. The summed E-state index contributed by atoms with van der Waals surface area (Å²) < 4.78 is 28.3. The molecule has 2 fully saturated rings.